The summed E-state index contributed by atoms with van der Waals surface area (Å²) >= 11 is 1.63. The molecular weight excluding hydrogens is 210 g/mol. The van der Waals surface area contributed by atoms with Crippen LogP contribution in [0.5, 0.6) is 0 Å². The van der Waals surface area contributed by atoms with Gasteiger partial charge < -0.3 is 9.73 Å². The monoisotopic (exact) mass is 223 g/mol. The van der Waals surface area contributed by atoms with Gasteiger partial charge in [-0.15, -0.1) is 21.5 Å². The van der Waals surface area contributed by atoms with Crippen molar-refractivity contribution in [3.05, 3.63) is 22.9 Å². The Hall–Kier alpha value is -1.20. The maximum Gasteiger partial charge on any atom is 0.257 e. The average Bonchev–Trinajstić information content (AvgIpc) is 2.83. The van der Waals surface area contributed by atoms with Gasteiger partial charge in [-0.25, -0.2) is 0 Å². The SMILES string of the molecule is CNCCc1nnc(-c2sccc2C)o1. The highest BCUT2D eigenvalue weighted by atomic mass is 32.1. The normalized spacial score (nSPS) is 10.8. The molecule has 0 spiro atoms. The van der Waals surface area contributed by atoms with Gasteiger partial charge in [-0.1, -0.05) is 0 Å². The van der Waals surface area contributed by atoms with Crippen molar-refractivity contribution in [1.82, 2.24) is 15.5 Å². The number of hydrogen-bond acceptors (Lipinski definition) is 5. The fourth-order valence-electron chi connectivity index (χ4n) is 1.27. The molecule has 0 aliphatic heterocycles. The molecule has 5 heteroatoms. The molecular formula is C10H13N3OS. The minimum absolute atomic E-state index is 0.633. The second kappa shape index (κ2) is 4.55. The zero-order chi connectivity index (χ0) is 10.7. The van der Waals surface area contributed by atoms with Crippen LogP contribution < -0.4 is 5.32 Å². The number of thiophene rings is 1. The second-order valence-electron chi connectivity index (χ2n) is 3.29. The third-order valence-corrected chi connectivity index (χ3v) is 3.12. The van der Waals surface area contributed by atoms with E-state index in [9.17, 15) is 0 Å². The zero-order valence-corrected chi connectivity index (χ0v) is 9.60. The first-order valence-corrected chi connectivity index (χ1v) is 5.70. The molecule has 2 rings (SSSR count). The van der Waals surface area contributed by atoms with Crippen molar-refractivity contribution in [2.75, 3.05) is 13.6 Å². The maximum absolute atomic E-state index is 5.56. The van der Waals surface area contributed by atoms with Crippen LogP contribution in [-0.4, -0.2) is 23.8 Å². The number of aromatic nitrogens is 2. The van der Waals surface area contributed by atoms with Crippen LogP contribution in [0.2, 0.25) is 0 Å². The van der Waals surface area contributed by atoms with E-state index in [1.54, 1.807) is 11.3 Å². The Morgan fingerprint density at radius 1 is 1.47 bits per heavy atom. The number of likely N-dealkylation sites (N-methyl/N-ethyl adjacent to an activating group) is 1. The van der Waals surface area contributed by atoms with E-state index in [1.165, 1.54) is 5.56 Å². The molecule has 2 aromatic rings. The molecule has 0 bridgehead atoms. The molecule has 2 aromatic heterocycles. The molecule has 0 aromatic carbocycles. The molecule has 0 unspecified atom stereocenters. The highest BCUT2D eigenvalue weighted by Crippen LogP contribution is 2.27. The number of hydrogen-bond donors (Lipinski definition) is 1. The van der Waals surface area contributed by atoms with E-state index >= 15 is 0 Å². The predicted molar refractivity (Wildman–Crippen MR) is 60.0 cm³/mol. The number of nitrogens with one attached hydrogen (secondary N) is 1. The first kappa shape index (κ1) is 10.3. The minimum atomic E-state index is 0.633. The Morgan fingerprint density at radius 3 is 3.00 bits per heavy atom. The Balaban J connectivity index is 2.17. The first-order chi connectivity index (χ1) is 7.31. The van der Waals surface area contributed by atoms with E-state index in [-0.39, 0.29) is 0 Å². The third-order valence-electron chi connectivity index (χ3n) is 2.11. The Bertz CT molecular complexity index is 435. The van der Waals surface area contributed by atoms with Crippen molar-refractivity contribution in [2.24, 2.45) is 0 Å². The summed E-state index contributed by atoms with van der Waals surface area (Å²) in [6.45, 7) is 2.90. The van der Waals surface area contributed by atoms with E-state index in [1.807, 2.05) is 19.4 Å². The number of rotatable bonds is 4. The fraction of sp³-hybridized carbons (Fsp3) is 0.400. The van der Waals surface area contributed by atoms with Crippen molar-refractivity contribution in [2.45, 2.75) is 13.3 Å². The van der Waals surface area contributed by atoms with Crippen molar-refractivity contribution < 1.29 is 4.42 Å². The number of aryl methyl sites for hydroxylation is 1. The van der Waals surface area contributed by atoms with Gasteiger partial charge in [0, 0.05) is 13.0 Å². The second-order valence-corrected chi connectivity index (χ2v) is 4.20. The molecule has 0 atom stereocenters. The average molecular weight is 223 g/mol. The predicted octanol–water partition coefficient (Wildman–Crippen LogP) is 1.87. The van der Waals surface area contributed by atoms with Gasteiger partial charge in [0.2, 0.25) is 5.89 Å². The maximum atomic E-state index is 5.56. The Labute approximate surface area is 92.3 Å². The van der Waals surface area contributed by atoms with Crippen LogP contribution in [0.4, 0.5) is 0 Å². The molecule has 0 aliphatic rings. The standard InChI is InChI=1S/C10H13N3OS/c1-7-4-6-15-9(7)10-13-12-8(14-10)3-5-11-2/h4,6,11H,3,5H2,1-2H3. The van der Waals surface area contributed by atoms with Crippen LogP contribution in [0.3, 0.4) is 0 Å². The zero-order valence-electron chi connectivity index (χ0n) is 8.78. The van der Waals surface area contributed by atoms with Crippen LogP contribution in [0.15, 0.2) is 15.9 Å². The van der Waals surface area contributed by atoms with Crippen molar-refractivity contribution in [1.29, 1.82) is 0 Å². The Kier molecular flexibility index (Phi) is 3.13. The quantitative estimate of drug-likeness (QED) is 0.859. The van der Waals surface area contributed by atoms with Crippen LogP contribution in [0.25, 0.3) is 10.8 Å². The lowest BCUT2D eigenvalue weighted by atomic mass is 10.3. The van der Waals surface area contributed by atoms with E-state index in [0.717, 1.165) is 17.8 Å². The van der Waals surface area contributed by atoms with Gasteiger partial charge in [0.05, 0.1) is 4.88 Å². The largest absolute Gasteiger partial charge is 0.420 e. The topological polar surface area (TPSA) is 51.0 Å². The lowest BCUT2D eigenvalue weighted by Gasteiger charge is -1.92. The molecule has 0 saturated carbocycles. The summed E-state index contributed by atoms with van der Waals surface area (Å²) in [7, 11) is 1.90. The minimum Gasteiger partial charge on any atom is -0.420 e. The van der Waals surface area contributed by atoms with Gasteiger partial charge >= 0.3 is 0 Å². The molecule has 80 valence electrons. The molecule has 0 radical (unpaired) electrons. The summed E-state index contributed by atoms with van der Waals surface area (Å²) in [4.78, 5) is 1.07. The lowest BCUT2D eigenvalue weighted by Crippen LogP contribution is -2.10. The Morgan fingerprint density at radius 2 is 2.33 bits per heavy atom. The fourth-order valence-corrected chi connectivity index (χ4v) is 2.12. The van der Waals surface area contributed by atoms with Gasteiger partial charge in [-0.2, -0.15) is 0 Å². The summed E-state index contributed by atoms with van der Waals surface area (Å²) < 4.78 is 5.56. The lowest BCUT2D eigenvalue weighted by molar-refractivity contribution is 0.501. The summed E-state index contributed by atoms with van der Waals surface area (Å²) in [6.07, 6.45) is 0.772. The van der Waals surface area contributed by atoms with Gasteiger partial charge in [-0.05, 0) is 31.0 Å². The van der Waals surface area contributed by atoms with E-state index in [2.05, 4.69) is 21.6 Å². The summed E-state index contributed by atoms with van der Waals surface area (Å²) in [6, 6.07) is 2.05. The molecule has 2 heterocycles. The molecule has 0 aliphatic carbocycles. The highest BCUT2D eigenvalue weighted by Gasteiger charge is 2.11. The van der Waals surface area contributed by atoms with Crippen molar-refractivity contribution in [3.8, 4) is 10.8 Å². The summed E-state index contributed by atoms with van der Waals surface area (Å²) in [5.74, 6) is 1.32. The molecule has 0 saturated heterocycles. The van der Waals surface area contributed by atoms with E-state index in [4.69, 9.17) is 4.42 Å². The molecule has 4 nitrogen and oxygen atoms in total. The molecule has 15 heavy (non-hydrogen) atoms. The third kappa shape index (κ3) is 2.24. The molecule has 0 fully saturated rings. The van der Waals surface area contributed by atoms with Crippen molar-refractivity contribution >= 4 is 11.3 Å². The van der Waals surface area contributed by atoms with Crippen LogP contribution >= 0.6 is 11.3 Å². The molecule has 0 amide bonds. The smallest absolute Gasteiger partial charge is 0.257 e. The van der Waals surface area contributed by atoms with Gasteiger partial charge in [0.1, 0.15) is 0 Å². The van der Waals surface area contributed by atoms with Crippen LogP contribution in [0, 0.1) is 6.92 Å². The van der Waals surface area contributed by atoms with Crippen LogP contribution in [0.1, 0.15) is 11.5 Å². The summed E-state index contributed by atoms with van der Waals surface area (Å²) in [5.41, 5.74) is 1.18. The molecule has 1 N–H and O–H groups in total. The van der Waals surface area contributed by atoms with Crippen LogP contribution in [-0.2, 0) is 6.42 Å². The van der Waals surface area contributed by atoms with E-state index < -0.39 is 0 Å². The van der Waals surface area contributed by atoms with Gasteiger partial charge in [0.15, 0.2) is 0 Å². The van der Waals surface area contributed by atoms with E-state index in [0.29, 0.717) is 11.8 Å². The van der Waals surface area contributed by atoms with Gasteiger partial charge in [-0.3, -0.25) is 0 Å². The van der Waals surface area contributed by atoms with Gasteiger partial charge in [0.25, 0.3) is 5.89 Å². The first-order valence-electron chi connectivity index (χ1n) is 4.82. The number of nitrogens with zero attached hydrogens (tertiary/aromatic N) is 2. The summed E-state index contributed by atoms with van der Waals surface area (Å²) in [5, 5.41) is 13.1. The van der Waals surface area contributed by atoms with Crippen molar-refractivity contribution in [3.63, 3.8) is 0 Å². The highest BCUT2D eigenvalue weighted by molar-refractivity contribution is 7.13.